The molecule has 0 aromatic carbocycles. The number of aryl methyl sites for hydroxylation is 1. The minimum Gasteiger partial charge on any atom is -0.378 e. The molecule has 20 heavy (non-hydrogen) atoms. The highest BCUT2D eigenvalue weighted by Crippen LogP contribution is 2.22. The summed E-state index contributed by atoms with van der Waals surface area (Å²) in [6, 6.07) is 0.775. The van der Waals surface area contributed by atoms with Crippen LogP contribution in [0.1, 0.15) is 36.3 Å². The van der Waals surface area contributed by atoms with Crippen molar-refractivity contribution >= 4 is 11.3 Å². The molecule has 4 nitrogen and oxygen atoms in total. The molecule has 1 N–H and O–H groups in total. The third kappa shape index (κ3) is 4.25. The van der Waals surface area contributed by atoms with Crippen LogP contribution in [0, 0.1) is 6.92 Å². The van der Waals surface area contributed by atoms with Crippen LogP contribution in [-0.4, -0.2) is 43.0 Å². The van der Waals surface area contributed by atoms with Crippen molar-refractivity contribution in [3.63, 3.8) is 0 Å². The summed E-state index contributed by atoms with van der Waals surface area (Å²) < 4.78 is 11.8. The Hall–Kier alpha value is -0.490. The van der Waals surface area contributed by atoms with Gasteiger partial charge in [0.15, 0.2) is 0 Å². The molecular weight excluding hydrogens is 272 g/mol. The summed E-state index contributed by atoms with van der Waals surface area (Å²) in [6.07, 6.45) is 6.65. The first kappa shape index (κ1) is 14.4. The summed E-state index contributed by atoms with van der Waals surface area (Å²) in [5.41, 5.74) is 3.05. The lowest BCUT2D eigenvalue weighted by Gasteiger charge is -2.14. The Bertz CT molecular complexity index is 420. The normalized spacial score (nSPS) is 26.2. The molecule has 112 valence electrons. The standard InChI is InChI=1S/C15H24N2O2S/c1-11-15(20-10-17-11)6-7-18-9-14-5-4-13(19-14)8-16-12-2-3-12/h10,12-14,16H,2-9H2,1H3. The number of thiazole rings is 1. The molecule has 0 radical (unpaired) electrons. The topological polar surface area (TPSA) is 43.4 Å². The maximum atomic E-state index is 6.00. The van der Waals surface area contributed by atoms with Crippen molar-refractivity contribution in [1.82, 2.24) is 10.3 Å². The van der Waals surface area contributed by atoms with E-state index in [9.17, 15) is 0 Å². The van der Waals surface area contributed by atoms with Gasteiger partial charge in [-0.15, -0.1) is 11.3 Å². The van der Waals surface area contributed by atoms with Crippen LogP contribution in [0.2, 0.25) is 0 Å². The molecule has 2 unspecified atom stereocenters. The zero-order chi connectivity index (χ0) is 13.8. The van der Waals surface area contributed by atoms with E-state index < -0.39 is 0 Å². The van der Waals surface area contributed by atoms with Crippen LogP contribution in [0.25, 0.3) is 0 Å². The van der Waals surface area contributed by atoms with Gasteiger partial charge in [0.25, 0.3) is 0 Å². The summed E-state index contributed by atoms with van der Waals surface area (Å²) in [5, 5.41) is 3.54. The Kier molecular flexibility index (Phi) is 5.04. The second-order valence-electron chi connectivity index (χ2n) is 5.83. The Morgan fingerprint density at radius 1 is 1.35 bits per heavy atom. The number of rotatable bonds is 8. The maximum absolute atomic E-state index is 6.00. The third-order valence-electron chi connectivity index (χ3n) is 4.03. The zero-order valence-electron chi connectivity index (χ0n) is 12.1. The average molecular weight is 296 g/mol. The van der Waals surface area contributed by atoms with Gasteiger partial charge < -0.3 is 14.8 Å². The van der Waals surface area contributed by atoms with Crippen LogP contribution < -0.4 is 5.32 Å². The predicted molar refractivity (Wildman–Crippen MR) is 80.3 cm³/mol. The number of nitrogens with zero attached hydrogens (tertiary/aromatic N) is 1. The van der Waals surface area contributed by atoms with Crippen LogP contribution in [0.15, 0.2) is 5.51 Å². The van der Waals surface area contributed by atoms with Gasteiger partial charge >= 0.3 is 0 Å². The van der Waals surface area contributed by atoms with E-state index in [4.69, 9.17) is 9.47 Å². The van der Waals surface area contributed by atoms with E-state index in [0.717, 1.165) is 44.3 Å². The second-order valence-corrected chi connectivity index (χ2v) is 6.77. The summed E-state index contributed by atoms with van der Waals surface area (Å²) in [6.45, 7) is 4.58. The van der Waals surface area contributed by atoms with Crippen molar-refractivity contribution in [3.8, 4) is 0 Å². The molecule has 2 fully saturated rings. The van der Waals surface area contributed by atoms with Gasteiger partial charge in [-0.25, -0.2) is 4.98 Å². The molecule has 1 aromatic rings. The molecule has 1 saturated carbocycles. The monoisotopic (exact) mass is 296 g/mol. The molecule has 3 rings (SSSR count). The highest BCUT2D eigenvalue weighted by molar-refractivity contribution is 7.09. The van der Waals surface area contributed by atoms with Gasteiger partial charge in [0.1, 0.15) is 0 Å². The summed E-state index contributed by atoms with van der Waals surface area (Å²) in [4.78, 5) is 5.59. The minimum atomic E-state index is 0.295. The molecule has 1 saturated heterocycles. The van der Waals surface area contributed by atoms with E-state index in [1.54, 1.807) is 11.3 Å². The molecule has 1 aliphatic heterocycles. The van der Waals surface area contributed by atoms with Crippen molar-refractivity contribution < 1.29 is 9.47 Å². The van der Waals surface area contributed by atoms with Crippen LogP contribution in [0.4, 0.5) is 0 Å². The Balaban J connectivity index is 1.26. The predicted octanol–water partition coefficient (Wildman–Crippen LogP) is 2.31. The van der Waals surface area contributed by atoms with Gasteiger partial charge in [-0.05, 0) is 32.6 Å². The molecule has 1 aliphatic carbocycles. The number of nitrogens with one attached hydrogen (secondary N) is 1. The van der Waals surface area contributed by atoms with E-state index in [1.165, 1.54) is 24.1 Å². The highest BCUT2D eigenvalue weighted by Gasteiger charge is 2.27. The third-order valence-corrected chi connectivity index (χ3v) is 5.02. The van der Waals surface area contributed by atoms with Gasteiger partial charge in [-0.3, -0.25) is 0 Å². The number of aromatic nitrogens is 1. The molecule has 2 aliphatic rings. The summed E-state index contributed by atoms with van der Waals surface area (Å²) >= 11 is 1.72. The molecule has 0 amide bonds. The molecule has 0 bridgehead atoms. The lowest BCUT2D eigenvalue weighted by Crippen LogP contribution is -2.29. The average Bonchev–Trinajstić information content (AvgIpc) is 3.03. The van der Waals surface area contributed by atoms with E-state index in [0.29, 0.717) is 12.2 Å². The van der Waals surface area contributed by atoms with E-state index >= 15 is 0 Å². The maximum Gasteiger partial charge on any atom is 0.0813 e. The summed E-state index contributed by atoms with van der Waals surface area (Å²) in [5.74, 6) is 0. The van der Waals surface area contributed by atoms with Crippen molar-refractivity contribution in [2.75, 3.05) is 19.8 Å². The van der Waals surface area contributed by atoms with E-state index in [-0.39, 0.29) is 0 Å². The molecule has 2 heterocycles. The van der Waals surface area contributed by atoms with E-state index in [2.05, 4.69) is 17.2 Å². The van der Waals surface area contributed by atoms with Crippen molar-refractivity contribution in [2.24, 2.45) is 0 Å². The Morgan fingerprint density at radius 2 is 2.20 bits per heavy atom. The van der Waals surface area contributed by atoms with Gasteiger partial charge in [-0.1, -0.05) is 0 Å². The fourth-order valence-corrected chi connectivity index (χ4v) is 3.35. The zero-order valence-corrected chi connectivity index (χ0v) is 13.0. The van der Waals surface area contributed by atoms with Crippen LogP contribution >= 0.6 is 11.3 Å². The van der Waals surface area contributed by atoms with Crippen LogP contribution in [0.3, 0.4) is 0 Å². The van der Waals surface area contributed by atoms with Crippen molar-refractivity contribution in [1.29, 1.82) is 0 Å². The number of hydrogen-bond donors (Lipinski definition) is 1. The van der Waals surface area contributed by atoms with Crippen LogP contribution in [-0.2, 0) is 15.9 Å². The van der Waals surface area contributed by atoms with E-state index in [1.807, 2.05) is 5.51 Å². The minimum absolute atomic E-state index is 0.295. The fraction of sp³-hybridized carbons (Fsp3) is 0.800. The van der Waals surface area contributed by atoms with Gasteiger partial charge in [0, 0.05) is 23.9 Å². The second kappa shape index (κ2) is 6.98. The molecule has 1 aromatic heterocycles. The first-order valence-electron chi connectivity index (χ1n) is 7.67. The SMILES string of the molecule is Cc1ncsc1CCOCC1CCC(CNC2CC2)O1. The first-order valence-corrected chi connectivity index (χ1v) is 8.55. The summed E-state index contributed by atoms with van der Waals surface area (Å²) in [7, 11) is 0. The smallest absolute Gasteiger partial charge is 0.0813 e. The Morgan fingerprint density at radius 3 is 2.95 bits per heavy atom. The lowest BCUT2D eigenvalue weighted by molar-refractivity contribution is -0.0136. The fourth-order valence-electron chi connectivity index (χ4n) is 2.58. The largest absolute Gasteiger partial charge is 0.378 e. The highest BCUT2D eigenvalue weighted by atomic mass is 32.1. The lowest BCUT2D eigenvalue weighted by atomic mass is 10.2. The number of ether oxygens (including phenoxy) is 2. The van der Waals surface area contributed by atoms with Gasteiger partial charge in [-0.2, -0.15) is 0 Å². The van der Waals surface area contributed by atoms with Crippen molar-refractivity contribution in [3.05, 3.63) is 16.1 Å². The van der Waals surface area contributed by atoms with Gasteiger partial charge in [0.05, 0.1) is 36.6 Å². The molecule has 0 spiro atoms. The molecule has 5 heteroatoms. The van der Waals surface area contributed by atoms with Crippen LogP contribution in [0.5, 0.6) is 0 Å². The van der Waals surface area contributed by atoms with Crippen molar-refractivity contribution in [2.45, 2.75) is 57.3 Å². The quantitative estimate of drug-likeness (QED) is 0.748. The molecular formula is C15H24N2O2S. The Labute approximate surface area is 124 Å². The van der Waals surface area contributed by atoms with Gasteiger partial charge in [0.2, 0.25) is 0 Å². The number of hydrogen-bond acceptors (Lipinski definition) is 5. The first-order chi connectivity index (χ1) is 9.81. The molecule has 2 atom stereocenters.